The molecule has 2 heterocycles. The number of carbonyl (C=O) groups excluding carboxylic acids is 1. The SMILES string of the molecule is Cc1ccc2c(c1)CCCN2CC(=O)Nc1ccc(C[NH+]2CCOCC2)cc1. The number of nitrogens with zero attached hydrogens (tertiary/aromatic N) is 1. The van der Waals surface area contributed by atoms with Crippen molar-refractivity contribution in [3.8, 4) is 0 Å². The molecule has 0 bridgehead atoms. The van der Waals surface area contributed by atoms with Crippen LogP contribution in [0.3, 0.4) is 0 Å². The smallest absolute Gasteiger partial charge is 0.243 e. The molecule has 0 atom stereocenters. The average molecular weight is 381 g/mol. The third kappa shape index (κ3) is 4.72. The summed E-state index contributed by atoms with van der Waals surface area (Å²) < 4.78 is 5.42. The van der Waals surface area contributed by atoms with Crippen molar-refractivity contribution >= 4 is 17.3 Å². The lowest BCUT2D eigenvalue weighted by Crippen LogP contribution is -3.12. The number of amides is 1. The highest BCUT2D eigenvalue weighted by Crippen LogP contribution is 2.27. The second kappa shape index (κ2) is 8.76. The molecule has 1 saturated heterocycles. The molecule has 0 spiro atoms. The van der Waals surface area contributed by atoms with E-state index in [0.717, 1.165) is 57.9 Å². The van der Waals surface area contributed by atoms with Crippen molar-refractivity contribution in [1.82, 2.24) is 0 Å². The highest BCUT2D eigenvalue weighted by atomic mass is 16.5. The summed E-state index contributed by atoms with van der Waals surface area (Å²) in [7, 11) is 0. The Morgan fingerprint density at radius 1 is 1.14 bits per heavy atom. The number of benzene rings is 2. The molecule has 2 aliphatic rings. The predicted molar refractivity (Wildman–Crippen MR) is 112 cm³/mol. The van der Waals surface area contributed by atoms with E-state index in [0.29, 0.717) is 6.54 Å². The van der Waals surface area contributed by atoms with Gasteiger partial charge >= 0.3 is 0 Å². The lowest BCUT2D eigenvalue weighted by molar-refractivity contribution is -0.921. The van der Waals surface area contributed by atoms with E-state index < -0.39 is 0 Å². The molecule has 0 aliphatic carbocycles. The minimum Gasteiger partial charge on any atom is -0.370 e. The van der Waals surface area contributed by atoms with Gasteiger partial charge in [-0.15, -0.1) is 0 Å². The van der Waals surface area contributed by atoms with E-state index in [9.17, 15) is 4.79 Å². The fourth-order valence-electron chi connectivity index (χ4n) is 4.17. The third-order valence-corrected chi connectivity index (χ3v) is 5.68. The second-order valence-corrected chi connectivity index (χ2v) is 7.94. The molecule has 148 valence electrons. The first-order valence-electron chi connectivity index (χ1n) is 10.3. The number of aryl methyl sites for hydroxylation is 2. The summed E-state index contributed by atoms with van der Waals surface area (Å²) in [6.07, 6.45) is 2.20. The van der Waals surface area contributed by atoms with E-state index in [-0.39, 0.29) is 5.91 Å². The summed E-state index contributed by atoms with van der Waals surface area (Å²) in [5, 5.41) is 3.05. The number of carbonyl (C=O) groups is 1. The fraction of sp³-hybridized carbons (Fsp3) is 0.435. The van der Waals surface area contributed by atoms with Crippen LogP contribution in [0.15, 0.2) is 42.5 Å². The Balaban J connectivity index is 1.33. The van der Waals surface area contributed by atoms with Gasteiger partial charge in [0.1, 0.15) is 19.6 Å². The van der Waals surface area contributed by atoms with Crippen LogP contribution >= 0.6 is 0 Å². The monoisotopic (exact) mass is 380 g/mol. The number of hydrogen-bond acceptors (Lipinski definition) is 3. The van der Waals surface area contributed by atoms with Gasteiger partial charge in [-0.05, 0) is 43.5 Å². The van der Waals surface area contributed by atoms with Gasteiger partial charge in [-0.25, -0.2) is 0 Å². The Morgan fingerprint density at radius 3 is 2.71 bits per heavy atom. The first-order valence-corrected chi connectivity index (χ1v) is 10.3. The van der Waals surface area contributed by atoms with Crippen molar-refractivity contribution in [2.24, 2.45) is 0 Å². The average Bonchev–Trinajstić information content (AvgIpc) is 2.70. The quantitative estimate of drug-likeness (QED) is 0.832. The maximum Gasteiger partial charge on any atom is 0.243 e. The first kappa shape index (κ1) is 19.0. The minimum atomic E-state index is 0.0416. The van der Waals surface area contributed by atoms with Crippen LogP contribution < -0.4 is 15.1 Å². The zero-order valence-corrected chi connectivity index (χ0v) is 16.7. The highest BCUT2D eigenvalue weighted by molar-refractivity contribution is 5.94. The van der Waals surface area contributed by atoms with Gasteiger partial charge in [0.2, 0.25) is 5.91 Å². The normalized spacial score (nSPS) is 17.2. The van der Waals surface area contributed by atoms with Gasteiger partial charge < -0.3 is 19.9 Å². The molecular formula is C23H30N3O2+. The van der Waals surface area contributed by atoms with Gasteiger partial charge in [0.15, 0.2) is 0 Å². The van der Waals surface area contributed by atoms with Crippen molar-refractivity contribution in [2.45, 2.75) is 26.3 Å². The Labute approximate surface area is 167 Å². The van der Waals surface area contributed by atoms with Crippen LogP contribution in [0, 0.1) is 6.92 Å². The van der Waals surface area contributed by atoms with Crippen molar-refractivity contribution in [3.63, 3.8) is 0 Å². The summed E-state index contributed by atoms with van der Waals surface area (Å²) in [6.45, 7) is 8.30. The van der Waals surface area contributed by atoms with Gasteiger partial charge in [0.25, 0.3) is 0 Å². The Hall–Kier alpha value is -2.37. The highest BCUT2D eigenvalue weighted by Gasteiger charge is 2.19. The van der Waals surface area contributed by atoms with Crippen LogP contribution in [0.1, 0.15) is 23.1 Å². The van der Waals surface area contributed by atoms with E-state index in [4.69, 9.17) is 4.74 Å². The summed E-state index contributed by atoms with van der Waals surface area (Å²) in [5.74, 6) is 0.0416. The molecule has 2 aliphatic heterocycles. The van der Waals surface area contributed by atoms with Crippen LogP contribution in [-0.2, 0) is 22.5 Å². The number of fused-ring (bicyclic) bond motifs is 1. The molecule has 0 radical (unpaired) electrons. The van der Waals surface area contributed by atoms with Gasteiger partial charge in [-0.3, -0.25) is 4.79 Å². The Bertz CT molecular complexity index is 813. The largest absolute Gasteiger partial charge is 0.370 e. The van der Waals surface area contributed by atoms with E-state index in [2.05, 4.69) is 47.5 Å². The topological polar surface area (TPSA) is 46.0 Å². The number of rotatable bonds is 5. The lowest BCUT2D eigenvalue weighted by atomic mass is 9.99. The Kier molecular flexibility index (Phi) is 5.93. The number of anilines is 2. The molecule has 1 fully saturated rings. The lowest BCUT2D eigenvalue weighted by Gasteiger charge is -2.31. The van der Waals surface area contributed by atoms with Crippen LogP contribution in [0.4, 0.5) is 11.4 Å². The van der Waals surface area contributed by atoms with E-state index in [1.54, 1.807) is 4.90 Å². The van der Waals surface area contributed by atoms with E-state index in [1.807, 2.05) is 12.1 Å². The second-order valence-electron chi connectivity index (χ2n) is 7.94. The molecule has 1 amide bonds. The maximum atomic E-state index is 12.6. The zero-order chi connectivity index (χ0) is 19.3. The van der Waals surface area contributed by atoms with E-state index in [1.165, 1.54) is 22.4 Å². The van der Waals surface area contributed by atoms with E-state index >= 15 is 0 Å². The number of hydrogen-bond donors (Lipinski definition) is 2. The Morgan fingerprint density at radius 2 is 1.93 bits per heavy atom. The molecule has 2 N–H and O–H groups in total. The molecule has 2 aromatic carbocycles. The van der Waals surface area contributed by atoms with Gasteiger partial charge in [-0.2, -0.15) is 0 Å². The number of ether oxygens (including phenoxy) is 1. The third-order valence-electron chi connectivity index (χ3n) is 5.68. The predicted octanol–water partition coefficient (Wildman–Crippen LogP) is 1.80. The van der Waals surface area contributed by atoms with Gasteiger partial charge in [-0.1, -0.05) is 29.8 Å². The molecule has 2 aromatic rings. The molecule has 28 heavy (non-hydrogen) atoms. The number of morpholine rings is 1. The zero-order valence-electron chi connectivity index (χ0n) is 16.7. The summed E-state index contributed by atoms with van der Waals surface area (Å²) in [4.78, 5) is 16.3. The summed E-state index contributed by atoms with van der Waals surface area (Å²) in [5.41, 5.74) is 6.01. The summed E-state index contributed by atoms with van der Waals surface area (Å²) in [6, 6.07) is 14.8. The fourth-order valence-corrected chi connectivity index (χ4v) is 4.17. The van der Waals surface area contributed by atoms with Crippen molar-refractivity contribution in [2.75, 3.05) is 49.6 Å². The molecule has 0 aromatic heterocycles. The number of quaternary nitrogens is 1. The molecule has 0 saturated carbocycles. The van der Waals surface area contributed by atoms with Crippen molar-refractivity contribution in [1.29, 1.82) is 0 Å². The van der Waals surface area contributed by atoms with Crippen molar-refractivity contribution in [3.05, 3.63) is 59.2 Å². The standard InChI is InChI=1S/C23H29N3O2/c1-18-4-9-22-20(15-18)3-2-10-26(22)17-23(27)24-21-7-5-19(6-8-21)16-25-11-13-28-14-12-25/h4-9,15H,2-3,10-14,16-17H2,1H3,(H,24,27)/p+1. The molecular weight excluding hydrogens is 350 g/mol. The molecule has 0 unspecified atom stereocenters. The van der Waals surface area contributed by atoms with Crippen LogP contribution in [0.5, 0.6) is 0 Å². The first-order chi connectivity index (χ1) is 13.7. The van der Waals surface area contributed by atoms with Crippen molar-refractivity contribution < 1.29 is 14.4 Å². The number of nitrogens with one attached hydrogen (secondary N) is 2. The minimum absolute atomic E-state index is 0.0416. The molecule has 5 nitrogen and oxygen atoms in total. The summed E-state index contributed by atoms with van der Waals surface area (Å²) >= 11 is 0. The van der Waals surface area contributed by atoms with Gasteiger partial charge in [0.05, 0.1) is 19.8 Å². The van der Waals surface area contributed by atoms with Crippen LogP contribution in [-0.4, -0.2) is 45.3 Å². The molecule has 4 rings (SSSR count). The van der Waals surface area contributed by atoms with Crippen LogP contribution in [0.2, 0.25) is 0 Å². The maximum absolute atomic E-state index is 12.6. The van der Waals surface area contributed by atoms with Crippen LogP contribution in [0.25, 0.3) is 0 Å². The molecule has 5 heteroatoms. The van der Waals surface area contributed by atoms with Gasteiger partial charge in [0, 0.05) is 23.5 Å².